The number of hydrogen-bond donors (Lipinski definition) is 1. The van der Waals surface area contributed by atoms with Crippen molar-refractivity contribution in [3.63, 3.8) is 0 Å². The molecule has 0 bridgehead atoms. The summed E-state index contributed by atoms with van der Waals surface area (Å²) in [6.45, 7) is 7.18. The molecule has 3 heterocycles. The van der Waals surface area contributed by atoms with E-state index in [2.05, 4.69) is 42.7 Å². The summed E-state index contributed by atoms with van der Waals surface area (Å²) in [5.41, 5.74) is 7.37. The van der Waals surface area contributed by atoms with Crippen LogP contribution in [0.5, 0.6) is 0 Å². The quantitative estimate of drug-likeness (QED) is 0.940. The standard InChI is InChI=1S/C15H23N5S/c1-9-10(2)21-15-13(9)14(16)17-12(18-15)8-20-6-5-11(7-20)19(3)4/h11H,5-8H2,1-4H3,(H2,16,17,18). The highest BCUT2D eigenvalue weighted by Gasteiger charge is 2.25. The number of rotatable bonds is 3. The summed E-state index contributed by atoms with van der Waals surface area (Å²) in [6.07, 6.45) is 1.21. The van der Waals surface area contributed by atoms with Crippen molar-refractivity contribution in [1.29, 1.82) is 0 Å². The van der Waals surface area contributed by atoms with E-state index < -0.39 is 0 Å². The second kappa shape index (κ2) is 5.51. The molecule has 1 aliphatic rings. The number of nitrogens with two attached hydrogens (primary N) is 1. The van der Waals surface area contributed by atoms with E-state index in [0.29, 0.717) is 11.9 Å². The van der Waals surface area contributed by atoms with Gasteiger partial charge in [-0.3, -0.25) is 4.90 Å². The molecule has 1 atom stereocenters. The number of thiophene rings is 1. The smallest absolute Gasteiger partial charge is 0.146 e. The van der Waals surface area contributed by atoms with Gasteiger partial charge in [0, 0.05) is 24.0 Å². The molecule has 3 rings (SSSR count). The van der Waals surface area contributed by atoms with Gasteiger partial charge in [0.2, 0.25) is 0 Å². The Morgan fingerprint density at radius 1 is 1.33 bits per heavy atom. The van der Waals surface area contributed by atoms with Crippen molar-refractivity contribution in [2.45, 2.75) is 32.9 Å². The summed E-state index contributed by atoms with van der Waals surface area (Å²) in [6, 6.07) is 0.636. The molecule has 1 aliphatic heterocycles. The average molecular weight is 305 g/mol. The molecular weight excluding hydrogens is 282 g/mol. The van der Waals surface area contributed by atoms with Crippen molar-refractivity contribution in [3.8, 4) is 0 Å². The van der Waals surface area contributed by atoms with Crippen molar-refractivity contribution in [2.75, 3.05) is 32.9 Å². The highest BCUT2D eigenvalue weighted by molar-refractivity contribution is 7.18. The third-order valence-electron chi connectivity index (χ3n) is 4.45. The summed E-state index contributed by atoms with van der Waals surface area (Å²) in [4.78, 5) is 16.3. The van der Waals surface area contributed by atoms with Gasteiger partial charge in [-0.25, -0.2) is 9.97 Å². The summed E-state index contributed by atoms with van der Waals surface area (Å²) in [7, 11) is 4.29. The van der Waals surface area contributed by atoms with Gasteiger partial charge in [0.25, 0.3) is 0 Å². The molecule has 0 amide bonds. The van der Waals surface area contributed by atoms with E-state index in [0.717, 1.165) is 35.7 Å². The Labute approximate surface area is 129 Å². The molecule has 2 N–H and O–H groups in total. The lowest BCUT2D eigenvalue weighted by molar-refractivity contribution is 0.261. The largest absolute Gasteiger partial charge is 0.383 e. The molecule has 21 heavy (non-hydrogen) atoms. The maximum absolute atomic E-state index is 6.15. The predicted molar refractivity (Wildman–Crippen MR) is 88.7 cm³/mol. The molecule has 114 valence electrons. The molecule has 0 radical (unpaired) electrons. The highest BCUT2D eigenvalue weighted by atomic mass is 32.1. The number of aryl methyl sites for hydroxylation is 2. The second-order valence-electron chi connectivity index (χ2n) is 6.13. The Hall–Kier alpha value is -1.24. The first kappa shape index (κ1) is 14.7. The van der Waals surface area contributed by atoms with Crippen molar-refractivity contribution in [2.24, 2.45) is 0 Å². The minimum absolute atomic E-state index is 0.625. The van der Waals surface area contributed by atoms with Crippen molar-refractivity contribution < 1.29 is 0 Å². The Bertz CT molecular complexity index is 664. The van der Waals surface area contributed by atoms with Crippen LogP contribution in [-0.2, 0) is 6.54 Å². The number of anilines is 1. The lowest BCUT2D eigenvalue weighted by Crippen LogP contribution is -2.31. The molecule has 0 aromatic carbocycles. The molecule has 0 saturated carbocycles. The Kier molecular flexibility index (Phi) is 3.86. The van der Waals surface area contributed by atoms with Crippen LogP contribution in [0, 0.1) is 13.8 Å². The van der Waals surface area contributed by atoms with Gasteiger partial charge in [0.15, 0.2) is 0 Å². The SMILES string of the molecule is Cc1sc2nc(CN3CCC(N(C)C)C3)nc(N)c2c1C. The van der Waals surface area contributed by atoms with Gasteiger partial charge < -0.3 is 10.6 Å². The molecule has 0 aliphatic carbocycles. The fourth-order valence-electron chi connectivity index (χ4n) is 2.97. The normalized spacial score (nSPS) is 20.0. The van der Waals surface area contributed by atoms with E-state index in [1.807, 2.05) is 0 Å². The van der Waals surface area contributed by atoms with E-state index in [1.165, 1.54) is 16.9 Å². The van der Waals surface area contributed by atoms with Crippen LogP contribution in [0.1, 0.15) is 22.7 Å². The van der Waals surface area contributed by atoms with Crippen LogP contribution in [0.15, 0.2) is 0 Å². The van der Waals surface area contributed by atoms with Crippen molar-refractivity contribution in [1.82, 2.24) is 19.8 Å². The molecule has 1 saturated heterocycles. The number of nitrogen functional groups attached to an aromatic ring is 1. The highest BCUT2D eigenvalue weighted by Crippen LogP contribution is 2.32. The molecule has 2 aromatic rings. The maximum atomic E-state index is 6.15. The Morgan fingerprint density at radius 2 is 2.10 bits per heavy atom. The average Bonchev–Trinajstić information content (AvgIpc) is 2.96. The minimum atomic E-state index is 0.625. The molecule has 0 spiro atoms. The van der Waals surface area contributed by atoms with Crippen LogP contribution in [-0.4, -0.2) is 53.0 Å². The van der Waals surface area contributed by atoms with Gasteiger partial charge >= 0.3 is 0 Å². The zero-order valence-electron chi connectivity index (χ0n) is 13.2. The fraction of sp³-hybridized carbons (Fsp3) is 0.600. The summed E-state index contributed by atoms with van der Waals surface area (Å²) in [5, 5.41) is 1.04. The Morgan fingerprint density at radius 3 is 2.76 bits per heavy atom. The molecule has 6 heteroatoms. The van der Waals surface area contributed by atoms with Crippen molar-refractivity contribution in [3.05, 3.63) is 16.3 Å². The molecule has 5 nitrogen and oxygen atoms in total. The second-order valence-corrected chi connectivity index (χ2v) is 7.33. The first-order valence-electron chi connectivity index (χ1n) is 7.36. The summed E-state index contributed by atoms with van der Waals surface area (Å²) < 4.78 is 0. The summed E-state index contributed by atoms with van der Waals surface area (Å²) in [5.74, 6) is 1.47. The first-order valence-corrected chi connectivity index (χ1v) is 8.18. The van der Waals surface area contributed by atoms with Gasteiger partial charge in [-0.05, 0) is 39.9 Å². The Balaban J connectivity index is 1.82. The topological polar surface area (TPSA) is 58.3 Å². The minimum Gasteiger partial charge on any atom is -0.383 e. The number of aromatic nitrogens is 2. The van der Waals surface area contributed by atoms with E-state index in [9.17, 15) is 0 Å². The van der Waals surface area contributed by atoms with Gasteiger partial charge in [-0.2, -0.15) is 0 Å². The van der Waals surface area contributed by atoms with Crippen LogP contribution in [0.4, 0.5) is 5.82 Å². The van der Waals surface area contributed by atoms with Gasteiger partial charge in [0.1, 0.15) is 16.5 Å². The van der Waals surface area contributed by atoms with Gasteiger partial charge in [-0.15, -0.1) is 11.3 Å². The lowest BCUT2D eigenvalue weighted by atomic mass is 10.2. The number of nitrogens with zero attached hydrogens (tertiary/aromatic N) is 4. The summed E-state index contributed by atoms with van der Waals surface area (Å²) >= 11 is 1.71. The molecule has 1 unspecified atom stereocenters. The third-order valence-corrected chi connectivity index (χ3v) is 5.55. The molecule has 2 aromatic heterocycles. The van der Waals surface area contributed by atoms with Crippen LogP contribution in [0.3, 0.4) is 0 Å². The maximum Gasteiger partial charge on any atom is 0.146 e. The van der Waals surface area contributed by atoms with Crippen LogP contribution in [0.25, 0.3) is 10.2 Å². The van der Waals surface area contributed by atoms with Gasteiger partial charge in [0.05, 0.1) is 11.9 Å². The fourth-order valence-corrected chi connectivity index (χ4v) is 4.03. The van der Waals surface area contributed by atoms with E-state index >= 15 is 0 Å². The first-order chi connectivity index (χ1) is 9.95. The van der Waals surface area contributed by atoms with Gasteiger partial charge in [-0.1, -0.05) is 0 Å². The number of likely N-dealkylation sites (N-methyl/N-ethyl adjacent to an activating group) is 1. The van der Waals surface area contributed by atoms with E-state index in [4.69, 9.17) is 10.7 Å². The number of fused-ring (bicyclic) bond motifs is 1. The monoisotopic (exact) mass is 305 g/mol. The zero-order valence-corrected chi connectivity index (χ0v) is 14.0. The lowest BCUT2D eigenvalue weighted by Gasteiger charge is -2.19. The van der Waals surface area contributed by atoms with Crippen molar-refractivity contribution >= 4 is 27.4 Å². The molecule has 1 fully saturated rings. The number of likely N-dealkylation sites (tertiary alicyclic amines) is 1. The molecular formula is C15H23N5S. The van der Waals surface area contributed by atoms with Crippen LogP contribution < -0.4 is 5.73 Å². The predicted octanol–water partition coefficient (Wildman–Crippen LogP) is 2.03. The third kappa shape index (κ3) is 2.75. The van der Waals surface area contributed by atoms with Crippen LogP contribution >= 0.6 is 11.3 Å². The van der Waals surface area contributed by atoms with E-state index in [1.54, 1.807) is 11.3 Å². The van der Waals surface area contributed by atoms with E-state index in [-0.39, 0.29) is 0 Å². The van der Waals surface area contributed by atoms with Crippen LogP contribution in [0.2, 0.25) is 0 Å². The number of hydrogen-bond acceptors (Lipinski definition) is 6. The zero-order chi connectivity index (χ0) is 15.1.